The zero-order valence-electron chi connectivity index (χ0n) is 18.0. The van der Waals surface area contributed by atoms with Crippen LogP contribution >= 0.6 is 11.6 Å². The average molecular weight is 504 g/mol. The van der Waals surface area contributed by atoms with Crippen molar-refractivity contribution in [2.75, 3.05) is 10.5 Å². The number of nitrogens with one attached hydrogen (secondary N) is 2. The van der Waals surface area contributed by atoms with E-state index in [4.69, 9.17) is 11.6 Å². The first kappa shape index (κ1) is 23.8. The normalized spacial score (nSPS) is 11.6. The number of carbonyl (C=O) groups excluding carboxylic acids is 1. The number of aromatic nitrogens is 2. The van der Waals surface area contributed by atoms with Gasteiger partial charge in [0.05, 0.1) is 17.0 Å². The number of unbranched alkanes of at least 4 members (excludes halogenated alkanes) is 1. The van der Waals surface area contributed by atoms with Crippen LogP contribution in [0.2, 0.25) is 5.02 Å². The van der Waals surface area contributed by atoms with Gasteiger partial charge in [-0.05, 0) is 42.3 Å². The second-order valence-corrected chi connectivity index (χ2v) is 10.00. The molecule has 2 heterocycles. The van der Waals surface area contributed by atoms with E-state index in [1.54, 1.807) is 36.5 Å². The van der Waals surface area contributed by atoms with Crippen LogP contribution in [0.4, 0.5) is 14.5 Å². The molecular weight excluding hydrogens is 484 g/mol. The van der Waals surface area contributed by atoms with E-state index in [2.05, 4.69) is 14.7 Å². The van der Waals surface area contributed by atoms with Gasteiger partial charge < -0.3 is 4.98 Å². The lowest BCUT2D eigenvalue weighted by Gasteiger charge is -2.11. The first-order valence-electron chi connectivity index (χ1n) is 10.5. The van der Waals surface area contributed by atoms with Crippen molar-refractivity contribution in [3.05, 3.63) is 82.6 Å². The number of H-pyrrole nitrogens is 1. The second kappa shape index (κ2) is 9.52. The van der Waals surface area contributed by atoms with Crippen molar-refractivity contribution in [3.8, 4) is 11.1 Å². The number of ketones is 1. The van der Waals surface area contributed by atoms with Gasteiger partial charge in [-0.25, -0.2) is 22.2 Å². The highest BCUT2D eigenvalue weighted by Gasteiger charge is 2.26. The Labute approximate surface area is 200 Å². The van der Waals surface area contributed by atoms with Gasteiger partial charge in [0.2, 0.25) is 15.8 Å². The average Bonchev–Trinajstić information content (AvgIpc) is 3.23. The molecule has 2 aromatic heterocycles. The van der Waals surface area contributed by atoms with Crippen LogP contribution in [-0.4, -0.2) is 29.9 Å². The lowest BCUT2D eigenvalue weighted by atomic mass is 10.00. The fraction of sp³-hybridized carbons (Fsp3) is 0.167. The largest absolute Gasteiger partial charge is 0.345 e. The molecule has 0 aliphatic heterocycles. The number of hydrogen-bond acceptors (Lipinski definition) is 4. The predicted molar refractivity (Wildman–Crippen MR) is 129 cm³/mol. The summed E-state index contributed by atoms with van der Waals surface area (Å²) in [7, 11) is -3.85. The van der Waals surface area contributed by atoms with Gasteiger partial charge in [0.25, 0.3) is 0 Å². The third-order valence-corrected chi connectivity index (χ3v) is 6.91. The Morgan fingerprint density at radius 3 is 2.56 bits per heavy atom. The Balaban J connectivity index is 1.75. The molecule has 0 bridgehead atoms. The maximum Gasteiger partial charge on any atom is 0.232 e. The van der Waals surface area contributed by atoms with E-state index in [9.17, 15) is 17.6 Å². The Hall–Kier alpha value is -3.30. The molecule has 6 nitrogen and oxygen atoms in total. The van der Waals surface area contributed by atoms with E-state index in [0.717, 1.165) is 17.7 Å². The molecule has 0 amide bonds. The van der Waals surface area contributed by atoms with E-state index in [-0.39, 0.29) is 11.3 Å². The number of benzene rings is 2. The summed E-state index contributed by atoms with van der Waals surface area (Å²) in [5.74, 6) is -3.53. The van der Waals surface area contributed by atoms with Gasteiger partial charge >= 0.3 is 0 Å². The molecule has 176 valence electrons. The van der Waals surface area contributed by atoms with Crippen LogP contribution < -0.4 is 4.72 Å². The number of fused-ring (bicyclic) bond motifs is 1. The second-order valence-electron chi connectivity index (χ2n) is 7.72. The summed E-state index contributed by atoms with van der Waals surface area (Å²) >= 11 is 5.94. The van der Waals surface area contributed by atoms with E-state index >= 15 is 4.39 Å². The molecule has 10 heteroatoms. The Kier molecular flexibility index (Phi) is 6.67. The quantitative estimate of drug-likeness (QED) is 0.291. The molecule has 0 spiro atoms. The lowest BCUT2D eigenvalue weighted by molar-refractivity contribution is 0.103. The number of aromatic amines is 1. The number of pyridine rings is 1. The molecule has 2 aromatic carbocycles. The van der Waals surface area contributed by atoms with Crippen molar-refractivity contribution in [3.63, 3.8) is 0 Å². The fourth-order valence-electron chi connectivity index (χ4n) is 3.52. The lowest BCUT2D eigenvalue weighted by Crippen LogP contribution is -2.19. The van der Waals surface area contributed by atoms with E-state index in [1.807, 2.05) is 6.92 Å². The standard InChI is InChI=1S/C24H20ClF2N3O3S/c1-2-3-10-34(32,33)30-20-9-8-19(26)21(22(20)27)23(31)18-13-29-24-17(18)11-15(12-28-24)14-4-6-16(25)7-5-14/h4-9,11-13,30H,2-3,10H2,1H3,(H,28,29). The van der Waals surface area contributed by atoms with Gasteiger partial charge in [-0.15, -0.1) is 0 Å². The zero-order valence-corrected chi connectivity index (χ0v) is 19.6. The molecule has 0 saturated heterocycles. The predicted octanol–water partition coefficient (Wildman–Crippen LogP) is 5.93. The van der Waals surface area contributed by atoms with Gasteiger partial charge in [-0.3, -0.25) is 9.52 Å². The third kappa shape index (κ3) is 4.80. The minimum absolute atomic E-state index is 0.00195. The van der Waals surface area contributed by atoms with Crippen molar-refractivity contribution in [2.45, 2.75) is 19.8 Å². The van der Waals surface area contributed by atoms with Gasteiger partial charge in [-0.1, -0.05) is 37.1 Å². The first-order valence-corrected chi connectivity index (χ1v) is 12.5. The fourth-order valence-corrected chi connectivity index (χ4v) is 4.91. The summed E-state index contributed by atoms with van der Waals surface area (Å²) < 4.78 is 56.3. The summed E-state index contributed by atoms with van der Waals surface area (Å²) in [5.41, 5.74) is 0.491. The number of anilines is 1. The monoisotopic (exact) mass is 503 g/mol. The van der Waals surface area contributed by atoms with Gasteiger partial charge in [0.1, 0.15) is 11.5 Å². The summed E-state index contributed by atoms with van der Waals surface area (Å²) in [6.07, 6.45) is 3.93. The molecule has 0 atom stereocenters. The van der Waals surface area contributed by atoms with Crippen LogP contribution in [0.3, 0.4) is 0 Å². The molecule has 0 saturated carbocycles. The Bertz CT molecular complexity index is 1490. The number of hydrogen-bond donors (Lipinski definition) is 2. The smallest absolute Gasteiger partial charge is 0.232 e. The molecule has 34 heavy (non-hydrogen) atoms. The maximum absolute atomic E-state index is 15.2. The van der Waals surface area contributed by atoms with Crippen LogP contribution in [0.15, 0.2) is 54.9 Å². The molecule has 4 rings (SSSR count). The van der Waals surface area contributed by atoms with Gasteiger partial charge in [0.15, 0.2) is 5.82 Å². The summed E-state index contributed by atoms with van der Waals surface area (Å²) in [5, 5.41) is 0.927. The van der Waals surface area contributed by atoms with Crippen LogP contribution in [-0.2, 0) is 10.0 Å². The highest BCUT2D eigenvalue weighted by atomic mass is 35.5. The maximum atomic E-state index is 15.2. The molecule has 0 fully saturated rings. The Morgan fingerprint density at radius 1 is 1.12 bits per heavy atom. The number of nitrogens with zero attached hydrogens (tertiary/aromatic N) is 1. The van der Waals surface area contributed by atoms with E-state index in [1.165, 1.54) is 6.20 Å². The molecule has 0 radical (unpaired) electrons. The van der Waals surface area contributed by atoms with Crippen molar-refractivity contribution in [2.24, 2.45) is 0 Å². The molecular formula is C24H20ClF2N3O3S. The van der Waals surface area contributed by atoms with Crippen molar-refractivity contribution < 1.29 is 22.0 Å². The highest BCUT2D eigenvalue weighted by molar-refractivity contribution is 7.92. The minimum atomic E-state index is -3.85. The number of sulfonamides is 1. The highest BCUT2D eigenvalue weighted by Crippen LogP contribution is 2.30. The van der Waals surface area contributed by atoms with Crippen LogP contribution in [0, 0.1) is 11.6 Å². The summed E-state index contributed by atoms with van der Waals surface area (Å²) in [4.78, 5) is 20.4. The summed E-state index contributed by atoms with van der Waals surface area (Å²) in [6, 6.07) is 10.5. The van der Waals surface area contributed by atoms with Crippen LogP contribution in [0.5, 0.6) is 0 Å². The van der Waals surface area contributed by atoms with Crippen LogP contribution in [0.1, 0.15) is 35.7 Å². The van der Waals surface area contributed by atoms with E-state index in [0.29, 0.717) is 34.5 Å². The van der Waals surface area contributed by atoms with Gasteiger partial charge in [-0.2, -0.15) is 0 Å². The number of halogens is 3. The molecule has 0 unspecified atom stereocenters. The zero-order chi connectivity index (χ0) is 24.5. The van der Waals surface area contributed by atoms with Gasteiger partial charge in [0, 0.05) is 33.9 Å². The van der Waals surface area contributed by atoms with Crippen LogP contribution in [0.25, 0.3) is 22.2 Å². The van der Waals surface area contributed by atoms with E-state index < -0.39 is 38.7 Å². The van der Waals surface area contributed by atoms with Crippen molar-refractivity contribution in [1.29, 1.82) is 0 Å². The first-order chi connectivity index (χ1) is 16.2. The number of carbonyl (C=O) groups is 1. The third-order valence-electron chi connectivity index (χ3n) is 5.30. The minimum Gasteiger partial charge on any atom is -0.345 e. The molecule has 4 aromatic rings. The molecule has 0 aliphatic rings. The number of rotatable bonds is 8. The molecule has 2 N–H and O–H groups in total. The Morgan fingerprint density at radius 2 is 1.85 bits per heavy atom. The topological polar surface area (TPSA) is 91.9 Å². The summed E-state index contributed by atoms with van der Waals surface area (Å²) in [6.45, 7) is 1.82. The van der Waals surface area contributed by atoms with Crippen molar-refractivity contribution in [1.82, 2.24) is 9.97 Å². The SMILES string of the molecule is CCCCS(=O)(=O)Nc1ccc(F)c(C(=O)c2c[nH]c3ncc(-c4ccc(Cl)cc4)cc23)c1F. The van der Waals surface area contributed by atoms with Crippen molar-refractivity contribution >= 4 is 44.1 Å². The molecule has 0 aliphatic carbocycles.